The monoisotopic (exact) mass is 646 g/mol. The molecule has 0 fully saturated rings. The van der Waals surface area contributed by atoms with Crippen molar-refractivity contribution >= 4 is 12.2 Å². The first-order valence-electron chi connectivity index (χ1n) is 17.2. The maximum atomic E-state index is 13.4. The fraction of sp³-hybridized carbons (Fsp3) is 0.350. The molecule has 0 saturated heterocycles. The molecular formula is C40H46N4O4. The lowest BCUT2D eigenvalue weighted by Gasteiger charge is -2.25. The first-order valence-corrected chi connectivity index (χ1v) is 17.2. The highest BCUT2D eigenvalue weighted by atomic mass is 16.6. The molecule has 2 amide bonds. The number of amides is 2. The molecule has 4 N–H and O–H groups in total. The Hall–Kier alpha value is -4.66. The van der Waals surface area contributed by atoms with E-state index in [1.165, 1.54) is 44.5 Å². The van der Waals surface area contributed by atoms with E-state index in [0.29, 0.717) is 65.0 Å². The highest BCUT2D eigenvalue weighted by molar-refractivity contribution is 5.80. The lowest BCUT2D eigenvalue weighted by molar-refractivity contribution is 0.0932. The molecule has 8 nitrogen and oxygen atoms in total. The SMILES string of the molecule is NCCCN(CCCCN(CCCN)C(=O)OCC1c2ccccc2-c2ccccc21)C(=O)OCC1c2ccccc2-c2ccccc21. The predicted molar refractivity (Wildman–Crippen MR) is 190 cm³/mol. The smallest absolute Gasteiger partial charge is 0.409 e. The summed E-state index contributed by atoms with van der Waals surface area (Å²) >= 11 is 0. The van der Waals surface area contributed by atoms with Gasteiger partial charge in [0, 0.05) is 38.0 Å². The molecule has 4 aromatic rings. The molecule has 6 rings (SSSR count). The fourth-order valence-electron chi connectivity index (χ4n) is 7.13. The van der Waals surface area contributed by atoms with Crippen LogP contribution in [-0.4, -0.2) is 74.5 Å². The summed E-state index contributed by atoms with van der Waals surface area (Å²) in [4.78, 5) is 30.2. The third-order valence-electron chi connectivity index (χ3n) is 9.56. The Balaban J connectivity index is 1.02. The van der Waals surface area contributed by atoms with Gasteiger partial charge in [0.05, 0.1) is 0 Å². The summed E-state index contributed by atoms with van der Waals surface area (Å²) in [6.45, 7) is 3.62. The van der Waals surface area contributed by atoms with E-state index in [4.69, 9.17) is 20.9 Å². The van der Waals surface area contributed by atoms with Crippen LogP contribution in [0.2, 0.25) is 0 Å². The normalized spacial score (nSPS) is 13.0. The van der Waals surface area contributed by atoms with Crippen LogP contribution in [0.3, 0.4) is 0 Å². The van der Waals surface area contributed by atoms with Crippen molar-refractivity contribution in [2.75, 3.05) is 52.5 Å². The van der Waals surface area contributed by atoms with E-state index < -0.39 is 0 Å². The lowest BCUT2D eigenvalue weighted by Crippen LogP contribution is -2.37. The summed E-state index contributed by atoms with van der Waals surface area (Å²) in [6.07, 6.45) is 2.14. The standard InChI is InChI=1S/C40H46N4O4/c41-21-11-25-43(39(45)47-27-37-33-17-5-1-13-29(33)30-14-2-6-18-34(30)37)23-9-10-24-44(26-12-22-42)40(46)48-28-38-35-19-7-3-15-31(35)32-16-4-8-20-36(32)38/h1-8,13-20,37-38H,9-12,21-28,41-42H2. The number of carbonyl (C=O) groups excluding carboxylic acids is 2. The third-order valence-corrected chi connectivity index (χ3v) is 9.56. The van der Waals surface area contributed by atoms with Crippen LogP contribution in [0.5, 0.6) is 0 Å². The van der Waals surface area contributed by atoms with Crippen molar-refractivity contribution in [3.8, 4) is 22.3 Å². The van der Waals surface area contributed by atoms with Gasteiger partial charge in [-0.2, -0.15) is 0 Å². The molecule has 0 unspecified atom stereocenters. The molecule has 48 heavy (non-hydrogen) atoms. The molecule has 0 atom stereocenters. The number of fused-ring (bicyclic) bond motifs is 6. The molecule has 0 aromatic heterocycles. The van der Waals surface area contributed by atoms with Gasteiger partial charge in [-0.25, -0.2) is 9.59 Å². The van der Waals surface area contributed by atoms with E-state index in [9.17, 15) is 9.59 Å². The van der Waals surface area contributed by atoms with Crippen LogP contribution in [-0.2, 0) is 9.47 Å². The minimum absolute atomic E-state index is 0.00557. The number of nitrogens with two attached hydrogens (primary N) is 2. The van der Waals surface area contributed by atoms with Crippen LogP contribution in [0.4, 0.5) is 9.59 Å². The van der Waals surface area contributed by atoms with E-state index in [0.717, 1.165) is 0 Å². The zero-order valence-electron chi connectivity index (χ0n) is 27.6. The molecule has 0 spiro atoms. The van der Waals surface area contributed by atoms with Crippen molar-refractivity contribution in [1.82, 2.24) is 9.80 Å². The average molecular weight is 647 g/mol. The third kappa shape index (κ3) is 7.25. The van der Waals surface area contributed by atoms with E-state index >= 15 is 0 Å². The van der Waals surface area contributed by atoms with Gasteiger partial charge >= 0.3 is 12.2 Å². The second kappa shape index (κ2) is 16.0. The maximum Gasteiger partial charge on any atom is 0.409 e. The number of hydrogen-bond donors (Lipinski definition) is 2. The Bertz CT molecular complexity index is 1490. The van der Waals surface area contributed by atoms with Gasteiger partial charge < -0.3 is 30.7 Å². The quantitative estimate of drug-likeness (QED) is 0.135. The van der Waals surface area contributed by atoms with Crippen LogP contribution < -0.4 is 11.5 Å². The van der Waals surface area contributed by atoms with Crippen LogP contribution in [0.15, 0.2) is 97.1 Å². The number of unbranched alkanes of at least 4 members (excludes halogenated alkanes) is 1. The van der Waals surface area contributed by atoms with Crippen molar-refractivity contribution in [3.63, 3.8) is 0 Å². The highest BCUT2D eigenvalue weighted by Crippen LogP contribution is 2.45. The molecule has 0 bridgehead atoms. The Morgan fingerprint density at radius 3 is 1.08 bits per heavy atom. The maximum absolute atomic E-state index is 13.4. The van der Waals surface area contributed by atoms with Crippen molar-refractivity contribution in [3.05, 3.63) is 119 Å². The Kier molecular flexibility index (Phi) is 11.1. The number of carbonyl (C=O) groups is 2. The molecule has 250 valence electrons. The van der Waals surface area contributed by atoms with Crippen LogP contribution >= 0.6 is 0 Å². The number of nitrogens with zero attached hydrogens (tertiary/aromatic N) is 2. The Morgan fingerprint density at radius 2 is 0.771 bits per heavy atom. The second-order valence-electron chi connectivity index (χ2n) is 12.6. The van der Waals surface area contributed by atoms with Crippen molar-refractivity contribution in [2.24, 2.45) is 11.5 Å². The van der Waals surface area contributed by atoms with Gasteiger partial charge in [0.1, 0.15) is 13.2 Å². The van der Waals surface area contributed by atoms with E-state index in [1.54, 1.807) is 9.80 Å². The zero-order valence-corrected chi connectivity index (χ0v) is 27.6. The average Bonchev–Trinajstić information content (AvgIpc) is 3.62. The fourth-order valence-corrected chi connectivity index (χ4v) is 7.13. The van der Waals surface area contributed by atoms with Gasteiger partial charge in [-0.15, -0.1) is 0 Å². The van der Waals surface area contributed by atoms with Gasteiger partial charge in [0.15, 0.2) is 0 Å². The molecule has 0 aliphatic heterocycles. The highest BCUT2D eigenvalue weighted by Gasteiger charge is 2.31. The Morgan fingerprint density at radius 1 is 0.479 bits per heavy atom. The van der Waals surface area contributed by atoms with Gasteiger partial charge in [-0.1, -0.05) is 97.1 Å². The van der Waals surface area contributed by atoms with E-state index in [2.05, 4.69) is 48.5 Å². The molecule has 8 heteroatoms. The second-order valence-corrected chi connectivity index (χ2v) is 12.6. The van der Waals surface area contributed by atoms with E-state index in [1.807, 2.05) is 48.5 Å². The molecule has 0 radical (unpaired) electrons. The van der Waals surface area contributed by atoms with Crippen LogP contribution in [0.1, 0.15) is 59.8 Å². The molecule has 0 heterocycles. The van der Waals surface area contributed by atoms with Crippen LogP contribution in [0, 0.1) is 0 Å². The Labute approximate surface area is 283 Å². The van der Waals surface area contributed by atoms with Gasteiger partial charge in [0.25, 0.3) is 0 Å². The summed E-state index contributed by atoms with van der Waals surface area (Å²) in [5.74, 6) is 0.0111. The van der Waals surface area contributed by atoms with Gasteiger partial charge in [-0.05, 0) is 83.3 Å². The van der Waals surface area contributed by atoms with Gasteiger partial charge in [0.2, 0.25) is 0 Å². The lowest BCUT2D eigenvalue weighted by atomic mass is 9.98. The zero-order chi connectivity index (χ0) is 33.3. The minimum atomic E-state index is -0.332. The minimum Gasteiger partial charge on any atom is -0.448 e. The topological polar surface area (TPSA) is 111 Å². The van der Waals surface area contributed by atoms with E-state index in [-0.39, 0.29) is 37.2 Å². The first kappa shape index (κ1) is 33.2. The first-order chi connectivity index (χ1) is 23.6. The molecule has 4 aromatic carbocycles. The number of ether oxygens (including phenoxy) is 2. The summed E-state index contributed by atoms with van der Waals surface area (Å²) in [5.41, 5.74) is 21.2. The largest absolute Gasteiger partial charge is 0.448 e. The molecule has 2 aliphatic rings. The van der Waals surface area contributed by atoms with Crippen molar-refractivity contribution in [1.29, 1.82) is 0 Å². The summed E-state index contributed by atoms with van der Waals surface area (Å²) in [6, 6.07) is 33.3. The van der Waals surface area contributed by atoms with Gasteiger partial charge in [-0.3, -0.25) is 0 Å². The van der Waals surface area contributed by atoms with Crippen LogP contribution in [0.25, 0.3) is 22.3 Å². The number of hydrogen-bond acceptors (Lipinski definition) is 6. The summed E-state index contributed by atoms with van der Waals surface area (Å²) < 4.78 is 11.9. The number of benzene rings is 4. The van der Waals surface area contributed by atoms with Crippen molar-refractivity contribution in [2.45, 2.75) is 37.5 Å². The predicted octanol–water partition coefficient (Wildman–Crippen LogP) is 6.97. The number of rotatable bonds is 15. The molecule has 0 saturated carbocycles. The summed E-state index contributed by atoms with van der Waals surface area (Å²) in [5, 5.41) is 0. The summed E-state index contributed by atoms with van der Waals surface area (Å²) in [7, 11) is 0. The molecular weight excluding hydrogens is 600 g/mol. The molecule has 2 aliphatic carbocycles. The van der Waals surface area contributed by atoms with Crippen molar-refractivity contribution < 1.29 is 19.1 Å².